The Balaban J connectivity index is 1.97. The van der Waals surface area contributed by atoms with Crippen LogP contribution in [0.1, 0.15) is 32.1 Å². The molecule has 1 aromatic rings. The Morgan fingerprint density at radius 1 is 1.41 bits per heavy atom. The highest BCUT2D eigenvalue weighted by Crippen LogP contribution is 2.29. The molecular formula is C12H18BrN3O. The number of pyridine rings is 1. The number of aliphatic hydroxyl groups is 1. The molecule has 1 fully saturated rings. The molecule has 0 aromatic carbocycles. The van der Waals surface area contributed by atoms with Crippen LogP contribution < -0.4 is 11.1 Å². The maximum Gasteiger partial charge on any atom is 0.140 e. The molecule has 0 bridgehead atoms. The SMILES string of the molecule is Nc1cnc(NCC2(O)CCCCC2)c(Br)c1. The predicted molar refractivity (Wildman–Crippen MR) is 72.9 cm³/mol. The summed E-state index contributed by atoms with van der Waals surface area (Å²) in [7, 11) is 0. The van der Waals surface area contributed by atoms with Crippen LogP contribution in [0.25, 0.3) is 0 Å². The zero-order valence-corrected chi connectivity index (χ0v) is 11.3. The van der Waals surface area contributed by atoms with Gasteiger partial charge in [-0.15, -0.1) is 0 Å². The number of nitrogens with two attached hydrogens (primary N) is 1. The minimum Gasteiger partial charge on any atom is -0.397 e. The number of hydrogen-bond donors (Lipinski definition) is 3. The third-order valence-electron chi connectivity index (χ3n) is 3.23. The van der Waals surface area contributed by atoms with Gasteiger partial charge in [-0.2, -0.15) is 0 Å². The maximum atomic E-state index is 10.3. The first-order valence-corrected chi connectivity index (χ1v) is 6.76. The topological polar surface area (TPSA) is 71.2 Å². The van der Waals surface area contributed by atoms with E-state index in [0.717, 1.165) is 36.0 Å². The fraction of sp³-hybridized carbons (Fsp3) is 0.583. The van der Waals surface area contributed by atoms with E-state index >= 15 is 0 Å². The minimum atomic E-state index is -0.583. The molecule has 0 aliphatic heterocycles. The Morgan fingerprint density at radius 2 is 2.12 bits per heavy atom. The van der Waals surface area contributed by atoms with Crippen LogP contribution in [0.3, 0.4) is 0 Å². The van der Waals surface area contributed by atoms with Crippen LogP contribution in [0.5, 0.6) is 0 Å². The van der Waals surface area contributed by atoms with Gasteiger partial charge in [-0.3, -0.25) is 0 Å². The molecular weight excluding hydrogens is 282 g/mol. The molecule has 0 atom stereocenters. The Morgan fingerprint density at radius 3 is 2.76 bits per heavy atom. The van der Waals surface area contributed by atoms with E-state index in [9.17, 15) is 5.11 Å². The second kappa shape index (κ2) is 5.23. The van der Waals surface area contributed by atoms with Crippen molar-refractivity contribution in [1.29, 1.82) is 0 Å². The highest BCUT2D eigenvalue weighted by Gasteiger charge is 2.28. The monoisotopic (exact) mass is 299 g/mol. The molecule has 4 N–H and O–H groups in total. The van der Waals surface area contributed by atoms with Crippen molar-refractivity contribution >= 4 is 27.4 Å². The minimum absolute atomic E-state index is 0.544. The van der Waals surface area contributed by atoms with E-state index in [-0.39, 0.29) is 0 Å². The van der Waals surface area contributed by atoms with Crippen molar-refractivity contribution in [2.75, 3.05) is 17.6 Å². The molecule has 1 aliphatic carbocycles. The average Bonchev–Trinajstić information content (AvgIpc) is 2.29. The number of halogens is 1. The van der Waals surface area contributed by atoms with Crippen LogP contribution in [0, 0.1) is 0 Å². The first-order chi connectivity index (χ1) is 8.09. The molecule has 1 aliphatic rings. The molecule has 0 radical (unpaired) electrons. The summed E-state index contributed by atoms with van der Waals surface area (Å²) < 4.78 is 0.830. The first-order valence-electron chi connectivity index (χ1n) is 5.96. The summed E-state index contributed by atoms with van der Waals surface area (Å²) in [5.74, 6) is 0.734. The molecule has 1 saturated carbocycles. The van der Waals surface area contributed by atoms with Gasteiger partial charge in [0.15, 0.2) is 0 Å². The molecule has 0 unspecified atom stereocenters. The fourth-order valence-corrected chi connectivity index (χ4v) is 2.72. The van der Waals surface area contributed by atoms with Gasteiger partial charge >= 0.3 is 0 Å². The summed E-state index contributed by atoms with van der Waals surface area (Å²) in [5.41, 5.74) is 5.66. The number of rotatable bonds is 3. The van der Waals surface area contributed by atoms with Crippen molar-refractivity contribution in [2.24, 2.45) is 0 Å². The van der Waals surface area contributed by atoms with Gasteiger partial charge in [-0.05, 0) is 34.8 Å². The van der Waals surface area contributed by atoms with E-state index in [4.69, 9.17) is 5.73 Å². The second-order valence-corrected chi connectivity index (χ2v) is 5.59. The van der Waals surface area contributed by atoms with Crippen LogP contribution in [0.4, 0.5) is 11.5 Å². The molecule has 2 rings (SSSR count). The number of aromatic nitrogens is 1. The number of hydrogen-bond acceptors (Lipinski definition) is 4. The maximum absolute atomic E-state index is 10.3. The summed E-state index contributed by atoms with van der Waals surface area (Å²) >= 11 is 3.40. The van der Waals surface area contributed by atoms with Gasteiger partial charge in [-0.1, -0.05) is 19.3 Å². The molecule has 5 heteroatoms. The van der Waals surface area contributed by atoms with Gasteiger partial charge in [0.2, 0.25) is 0 Å². The normalized spacial score (nSPS) is 18.9. The highest BCUT2D eigenvalue weighted by molar-refractivity contribution is 9.10. The summed E-state index contributed by atoms with van der Waals surface area (Å²) in [6, 6.07) is 1.81. The molecule has 94 valence electrons. The van der Waals surface area contributed by atoms with Crippen LogP contribution >= 0.6 is 15.9 Å². The fourth-order valence-electron chi connectivity index (χ4n) is 2.22. The Bertz CT molecular complexity index is 391. The van der Waals surface area contributed by atoms with E-state index in [1.54, 1.807) is 12.3 Å². The van der Waals surface area contributed by atoms with Crippen molar-refractivity contribution in [3.05, 3.63) is 16.7 Å². The zero-order valence-electron chi connectivity index (χ0n) is 9.75. The van der Waals surface area contributed by atoms with Gasteiger partial charge < -0.3 is 16.2 Å². The quantitative estimate of drug-likeness (QED) is 0.802. The van der Waals surface area contributed by atoms with Crippen LogP contribution in [0.2, 0.25) is 0 Å². The molecule has 1 aromatic heterocycles. The average molecular weight is 300 g/mol. The van der Waals surface area contributed by atoms with E-state index in [2.05, 4.69) is 26.2 Å². The summed E-state index contributed by atoms with van der Waals surface area (Å²) in [6.07, 6.45) is 6.78. The van der Waals surface area contributed by atoms with Crippen molar-refractivity contribution in [3.63, 3.8) is 0 Å². The number of nitrogen functional groups attached to an aromatic ring is 1. The number of nitrogens with zero attached hydrogens (tertiary/aromatic N) is 1. The highest BCUT2D eigenvalue weighted by atomic mass is 79.9. The molecule has 0 amide bonds. The molecule has 0 spiro atoms. The van der Waals surface area contributed by atoms with Crippen LogP contribution in [0.15, 0.2) is 16.7 Å². The van der Waals surface area contributed by atoms with Gasteiger partial charge in [0.25, 0.3) is 0 Å². The standard InChI is InChI=1S/C12H18BrN3O/c13-10-6-9(14)7-15-11(10)16-8-12(17)4-2-1-3-5-12/h6-7,17H,1-5,8,14H2,(H,15,16). The number of anilines is 2. The lowest BCUT2D eigenvalue weighted by molar-refractivity contribution is 0.0166. The largest absolute Gasteiger partial charge is 0.397 e. The van der Waals surface area contributed by atoms with Gasteiger partial charge in [0.05, 0.1) is 22.0 Å². The Labute approximate surface area is 110 Å². The van der Waals surface area contributed by atoms with E-state index < -0.39 is 5.60 Å². The van der Waals surface area contributed by atoms with Crippen LogP contribution in [-0.2, 0) is 0 Å². The summed E-state index contributed by atoms with van der Waals surface area (Å²) in [5, 5.41) is 13.5. The summed E-state index contributed by atoms with van der Waals surface area (Å²) in [4.78, 5) is 4.20. The molecule has 17 heavy (non-hydrogen) atoms. The van der Waals surface area contributed by atoms with Gasteiger partial charge in [0, 0.05) is 6.54 Å². The van der Waals surface area contributed by atoms with E-state index in [1.807, 2.05) is 0 Å². The second-order valence-electron chi connectivity index (χ2n) is 4.74. The van der Waals surface area contributed by atoms with Crippen LogP contribution in [-0.4, -0.2) is 22.2 Å². The Hall–Kier alpha value is -0.810. The van der Waals surface area contributed by atoms with Crippen molar-refractivity contribution < 1.29 is 5.11 Å². The van der Waals surface area contributed by atoms with Crippen molar-refractivity contribution in [3.8, 4) is 0 Å². The summed E-state index contributed by atoms with van der Waals surface area (Å²) in [6.45, 7) is 0.544. The van der Waals surface area contributed by atoms with Crippen molar-refractivity contribution in [1.82, 2.24) is 4.98 Å². The number of nitrogens with one attached hydrogen (secondary N) is 1. The smallest absolute Gasteiger partial charge is 0.140 e. The lowest BCUT2D eigenvalue weighted by Crippen LogP contribution is -2.39. The van der Waals surface area contributed by atoms with Gasteiger partial charge in [-0.25, -0.2) is 4.98 Å². The Kier molecular flexibility index (Phi) is 3.89. The third-order valence-corrected chi connectivity index (χ3v) is 3.84. The lowest BCUT2D eigenvalue weighted by atomic mass is 9.85. The van der Waals surface area contributed by atoms with E-state index in [1.165, 1.54) is 6.42 Å². The zero-order chi connectivity index (χ0) is 12.3. The predicted octanol–water partition coefficient (Wildman–Crippen LogP) is 2.53. The lowest BCUT2D eigenvalue weighted by Gasteiger charge is -2.32. The third kappa shape index (κ3) is 3.33. The molecule has 1 heterocycles. The first kappa shape index (κ1) is 12.6. The van der Waals surface area contributed by atoms with Crippen molar-refractivity contribution in [2.45, 2.75) is 37.7 Å². The molecule has 4 nitrogen and oxygen atoms in total. The van der Waals surface area contributed by atoms with Gasteiger partial charge in [0.1, 0.15) is 5.82 Å². The molecule has 0 saturated heterocycles. The van der Waals surface area contributed by atoms with E-state index in [0.29, 0.717) is 12.2 Å².